The molecule has 0 saturated carbocycles. The summed E-state index contributed by atoms with van der Waals surface area (Å²) in [5.74, 6) is -0.318. The van der Waals surface area contributed by atoms with Crippen molar-refractivity contribution in [2.45, 2.75) is 12.5 Å². The van der Waals surface area contributed by atoms with E-state index in [1.54, 1.807) is 23.1 Å². The van der Waals surface area contributed by atoms with Gasteiger partial charge in [0.05, 0.1) is 0 Å². The van der Waals surface area contributed by atoms with Gasteiger partial charge in [-0.15, -0.1) is 12.4 Å². The fraction of sp³-hybridized carbons (Fsp3) is 0.308. The van der Waals surface area contributed by atoms with Gasteiger partial charge in [-0.2, -0.15) is 0 Å². The quantitative estimate of drug-likeness (QED) is 0.834. The van der Waals surface area contributed by atoms with Crippen molar-refractivity contribution in [3.05, 3.63) is 41.7 Å². The van der Waals surface area contributed by atoms with Gasteiger partial charge in [-0.25, -0.2) is 4.39 Å². The van der Waals surface area contributed by atoms with Crippen LogP contribution in [-0.2, 0) is 4.79 Å². The van der Waals surface area contributed by atoms with Crippen LogP contribution in [0.5, 0.6) is 0 Å². The molecule has 1 amide bonds. The van der Waals surface area contributed by atoms with Gasteiger partial charge in [-0.05, 0) is 30.2 Å². The zero-order valence-electron chi connectivity index (χ0n) is 9.88. The molecule has 98 valence electrons. The van der Waals surface area contributed by atoms with E-state index in [1.165, 1.54) is 18.2 Å². The van der Waals surface area contributed by atoms with E-state index in [0.717, 1.165) is 12.0 Å². The van der Waals surface area contributed by atoms with Crippen LogP contribution in [0.25, 0.3) is 6.08 Å². The summed E-state index contributed by atoms with van der Waals surface area (Å²) in [7, 11) is 0. The molecule has 1 aromatic rings. The van der Waals surface area contributed by atoms with Crippen molar-refractivity contribution in [1.82, 2.24) is 4.90 Å². The summed E-state index contributed by atoms with van der Waals surface area (Å²) >= 11 is 0. The molecule has 0 aliphatic carbocycles. The molecule has 0 unspecified atom stereocenters. The molecule has 1 saturated heterocycles. The van der Waals surface area contributed by atoms with E-state index >= 15 is 0 Å². The molecule has 1 fully saturated rings. The van der Waals surface area contributed by atoms with Crippen LogP contribution in [0.4, 0.5) is 4.39 Å². The molecule has 0 aromatic heterocycles. The van der Waals surface area contributed by atoms with E-state index in [4.69, 9.17) is 5.73 Å². The van der Waals surface area contributed by atoms with Crippen molar-refractivity contribution >= 4 is 24.4 Å². The molecule has 1 aromatic carbocycles. The van der Waals surface area contributed by atoms with Crippen LogP contribution in [0.2, 0.25) is 0 Å². The number of nitrogens with two attached hydrogens (primary N) is 1. The molecular weight excluding hydrogens is 255 g/mol. The van der Waals surface area contributed by atoms with Gasteiger partial charge >= 0.3 is 0 Å². The Labute approximate surface area is 112 Å². The highest BCUT2D eigenvalue weighted by atomic mass is 35.5. The van der Waals surface area contributed by atoms with E-state index in [1.807, 2.05) is 0 Å². The van der Waals surface area contributed by atoms with Crippen LogP contribution in [0.3, 0.4) is 0 Å². The Morgan fingerprint density at radius 2 is 2.06 bits per heavy atom. The number of carbonyl (C=O) groups is 1. The fourth-order valence-corrected chi connectivity index (χ4v) is 1.83. The first kappa shape index (κ1) is 14.7. The second-order valence-electron chi connectivity index (χ2n) is 4.22. The number of amides is 1. The maximum absolute atomic E-state index is 12.7. The van der Waals surface area contributed by atoms with Gasteiger partial charge in [0.2, 0.25) is 5.91 Å². The van der Waals surface area contributed by atoms with Gasteiger partial charge in [0.1, 0.15) is 5.82 Å². The van der Waals surface area contributed by atoms with E-state index in [2.05, 4.69) is 0 Å². The summed E-state index contributed by atoms with van der Waals surface area (Å²) in [4.78, 5) is 13.5. The lowest BCUT2D eigenvalue weighted by molar-refractivity contribution is -0.124. The molecule has 18 heavy (non-hydrogen) atoms. The first-order valence-electron chi connectivity index (χ1n) is 5.63. The summed E-state index contributed by atoms with van der Waals surface area (Å²) in [6.07, 6.45) is 4.05. The highest BCUT2D eigenvalue weighted by Gasteiger charge is 2.21. The van der Waals surface area contributed by atoms with Crippen molar-refractivity contribution in [3.8, 4) is 0 Å². The average molecular weight is 271 g/mol. The Balaban J connectivity index is 0.00000162. The van der Waals surface area contributed by atoms with Gasteiger partial charge in [0, 0.05) is 25.2 Å². The third-order valence-corrected chi connectivity index (χ3v) is 2.82. The van der Waals surface area contributed by atoms with Gasteiger partial charge in [-0.1, -0.05) is 12.1 Å². The van der Waals surface area contributed by atoms with E-state index in [-0.39, 0.29) is 30.2 Å². The SMILES string of the molecule is Cl.N[C@H]1CCN(C(=O)/C=C/c2ccc(F)cc2)C1. The Morgan fingerprint density at radius 1 is 1.39 bits per heavy atom. The number of likely N-dealkylation sites (tertiary alicyclic amines) is 1. The second kappa shape index (κ2) is 6.52. The molecular formula is C13H16ClFN2O. The molecule has 2 rings (SSSR count). The minimum atomic E-state index is -0.279. The smallest absolute Gasteiger partial charge is 0.246 e. The molecule has 2 N–H and O–H groups in total. The molecule has 1 heterocycles. The molecule has 0 spiro atoms. The average Bonchev–Trinajstić information content (AvgIpc) is 2.75. The Bertz CT molecular complexity index is 433. The molecule has 5 heteroatoms. The Kier molecular flexibility index (Phi) is 5.31. The fourth-order valence-electron chi connectivity index (χ4n) is 1.83. The standard InChI is InChI=1S/C13H15FN2O.ClH/c14-11-4-1-10(2-5-11)3-6-13(17)16-8-7-12(15)9-16;/h1-6,12H,7-9,15H2;1H/b6-3+;/t12-;/m0./s1. The van der Waals surface area contributed by atoms with Gasteiger partial charge in [0.15, 0.2) is 0 Å². The predicted molar refractivity (Wildman–Crippen MR) is 71.9 cm³/mol. The number of hydrogen-bond donors (Lipinski definition) is 1. The number of rotatable bonds is 2. The van der Waals surface area contributed by atoms with Crippen molar-refractivity contribution in [3.63, 3.8) is 0 Å². The zero-order valence-corrected chi connectivity index (χ0v) is 10.7. The first-order valence-corrected chi connectivity index (χ1v) is 5.63. The highest BCUT2D eigenvalue weighted by molar-refractivity contribution is 5.92. The summed E-state index contributed by atoms with van der Waals surface area (Å²) in [5, 5.41) is 0. The van der Waals surface area contributed by atoms with Crippen molar-refractivity contribution in [2.24, 2.45) is 5.73 Å². The van der Waals surface area contributed by atoms with Crippen LogP contribution in [0, 0.1) is 5.82 Å². The molecule has 1 aliphatic rings. The highest BCUT2D eigenvalue weighted by Crippen LogP contribution is 2.09. The molecule has 0 bridgehead atoms. The Hall–Kier alpha value is -1.39. The maximum Gasteiger partial charge on any atom is 0.246 e. The lowest BCUT2D eigenvalue weighted by atomic mass is 10.2. The van der Waals surface area contributed by atoms with Gasteiger partial charge in [0.25, 0.3) is 0 Å². The second-order valence-corrected chi connectivity index (χ2v) is 4.22. The van der Waals surface area contributed by atoms with Gasteiger partial charge < -0.3 is 10.6 Å². The van der Waals surface area contributed by atoms with Crippen molar-refractivity contribution in [1.29, 1.82) is 0 Å². The summed E-state index contributed by atoms with van der Waals surface area (Å²) in [6.45, 7) is 1.33. The number of benzene rings is 1. The molecule has 1 aliphatic heterocycles. The van der Waals surface area contributed by atoms with Crippen LogP contribution in [0.15, 0.2) is 30.3 Å². The predicted octanol–water partition coefficient (Wildman–Crippen LogP) is 1.82. The third kappa shape index (κ3) is 3.82. The van der Waals surface area contributed by atoms with E-state index < -0.39 is 0 Å². The molecule has 1 atom stereocenters. The van der Waals surface area contributed by atoms with Crippen LogP contribution in [-0.4, -0.2) is 29.9 Å². The number of carbonyl (C=O) groups excluding carboxylic acids is 1. The topological polar surface area (TPSA) is 46.3 Å². The largest absolute Gasteiger partial charge is 0.338 e. The summed E-state index contributed by atoms with van der Waals surface area (Å²) < 4.78 is 12.7. The lowest BCUT2D eigenvalue weighted by Gasteiger charge is -2.12. The van der Waals surface area contributed by atoms with Crippen molar-refractivity contribution < 1.29 is 9.18 Å². The minimum absolute atomic E-state index is 0. The third-order valence-electron chi connectivity index (χ3n) is 2.82. The number of halogens is 2. The van der Waals surface area contributed by atoms with Crippen LogP contribution >= 0.6 is 12.4 Å². The summed E-state index contributed by atoms with van der Waals surface area (Å²) in [6, 6.07) is 6.10. The molecule has 3 nitrogen and oxygen atoms in total. The van der Waals surface area contributed by atoms with Crippen molar-refractivity contribution in [2.75, 3.05) is 13.1 Å². The molecule has 0 radical (unpaired) electrons. The summed E-state index contributed by atoms with van der Waals surface area (Å²) in [5.41, 5.74) is 6.54. The maximum atomic E-state index is 12.7. The van der Waals surface area contributed by atoms with Crippen LogP contribution < -0.4 is 5.73 Å². The number of nitrogens with zero attached hydrogens (tertiary/aromatic N) is 1. The van der Waals surface area contributed by atoms with Crippen LogP contribution in [0.1, 0.15) is 12.0 Å². The minimum Gasteiger partial charge on any atom is -0.338 e. The number of hydrogen-bond acceptors (Lipinski definition) is 2. The monoisotopic (exact) mass is 270 g/mol. The van der Waals surface area contributed by atoms with Gasteiger partial charge in [-0.3, -0.25) is 4.79 Å². The zero-order chi connectivity index (χ0) is 12.3. The lowest BCUT2D eigenvalue weighted by Crippen LogP contribution is -2.30. The normalized spacial score (nSPS) is 19.0. The Morgan fingerprint density at radius 3 is 2.61 bits per heavy atom. The van der Waals surface area contributed by atoms with E-state index in [0.29, 0.717) is 13.1 Å². The first-order chi connectivity index (χ1) is 8.15. The van der Waals surface area contributed by atoms with E-state index in [9.17, 15) is 9.18 Å².